The summed E-state index contributed by atoms with van der Waals surface area (Å²) in [6.07, 6.45) is 3.81. The Hall–Kier alpha value is -1.35. The molecular weight excluding hydrogens is 191 g/mol. The Balaban J connectivity index is 3.06. The van der Waals surface area contributed by atoms with Crippen molar-refractivity contribution in [2.75, 3.05) is 19.0 Å². The molecule has 82 valence electrons. The SMILES string of the molecule is CC(N)/C=C/c1ccc(F)cc1N(C)C. The molecule has 1 unspecified atom stereocenters. The molecule has 0 aliphatic carbocycles. The lowest BCUT2D eigenvalue weighted by Crippen LogP contribution is -2.12. The highest BCUT2D eigenvalue weighted by atomic mass is 19.1. The Morgan fingerprint density at radius 3 is 2.60 bits per heavy atom. The van der Waals surface area contributed by atoms with Crippen molar-refractivity contribution in [1.29, 1.82) is 0 Å². The van der Waals surface area contributed by atoms with Gasteiger partial charge in [0.1, 0.15) is 5.82 Å². The van der Waals surface area contributed by atoms with Crippen molar-refractivity contribution in [3.63, 3.8) is 0 Å². The van der Waals surface area contributed by atoms with Crippen LogP contribution in [0.2, 0.25) is 0 Å². The second-order valence-corrected chi connectivity index (χ2v) is 3.82. The molecule has 0 fully saturated rings. The number of rotatable bonds is 3. The molecule has 0 aromatic heterocycles. The number of benzene rings is 1. The quantitative estimate of drug-likeness (QED) is 0.825. The van der Waals surface area contributed by atoms with Crippen LogP contribution in [0, 0.1) is 5.82 Å². The van der Waals surface area contributed by atoms with Crippen molar-refractivity contribution in [3.8, 4) is 0 Å². The lowest BCUT2D eigenvalue weighted by atomic mass is 10.1. The third kappa shape index (κ3) is 3.36. The summed E-state index contributed by atoms with van der Waals surface area (Å²) in [4.78, 5) is 1.88. The maximum atomic E-state index is 13.0. The molecule has 1 atom stereocenters. The normalized spacial score (nSPS) is 13.1. The van der Waals surface area contributed by atoms with Gasteiger partial charge in [-0.15, -0.1) is 0 Å². The van der Waals surface area contributed by atoms with Crippen molar-refractivity contribution < 1.29 is 4.39 Å². The fourth-order valence-corrected chi connectivity index (χ4v) is 1.30. The molecule has 1 rings (SSSR count). The zero-order chi connectivity index (χ0) is 11.4. The molecule has 0 aliphatic rings. The number of anilines is 1. The zero-order valence-electron chi connectivity index (χ0n) is 9.37. The summed E-state index contributed by atoms with van der Waals surface area (Å²) in [5.74, 6) is -0.225. The van der Waals surface area contributed by atoms with E-state index in [4.69, 9.17) is 5.73 Å². The van der Waals surface area contributed by atoms with Gasteiger partial charge < -0.3 is 10.6 Å². The minimum atomic E-state index is -0.225. The Bertz CT molecular complexity index is 357. The van der Waals surface area contributed by atoms with E-state index in [0.29, 0.717) is 0 Å². The highest BCUT2D eigenvalue weighted by Gasteiger charge is 2.03. The van der Waals surface area contributed by atoms with Crippen LogP contribution in [0.25, 0.3) is 6.08 Å². The first kappa shape index (κ1) is 11.7. The summed E-state index contributed by atoms with van der Waals surface area (Å²) in [7, 11) is 3.77. The van der Waals surface area contributed by atoms with E-state index in [1.165, 1.54) is 12.1 Å². The van der Waals surface area contributed by atoms with Crippen molar-refractivity contribution in [2.24, 2.45) is 5.73 Å². The lowest BCUT2D eigenvalue weighted by molar-refractivity contribution is 0.627. The minimum absolute atomic E-state index is 0.00469. The van der Waals surface area contributed by atoms with Gasteiger partial charge in [0.05, 0.1) is 0 Å². The first-order valence-electron chi connectivity index (χ1n) is 4.91. The van der Waals surface area contributed by atoms with Crippen LogP contribution in [0.5, 0.6) is 0 Å². The third-order valence-electron chi connectivity index (χ3n) is 2.05. The Kier molecular flexibility index (Phi) is 3.86. The van der Waals surface area contributed by atoms with E-state index in [1.54, 1.807) is 6.07 Å². The molecule has 0 aliphatic heterocycles. The summed E-state index contributed by atoms with van der Waals surface area (Å²) in [5.41, 5.74) is 7.45. The molecule has 0 heterocycles. The number of halogens is 1. The van der Waals surface area contributed by atoms with E-state index < -0.39 is 0 Å². The van der Waals surface area contributed by atoms with Crippen LogP contribution in [0.15, 0.2) is 24.3 Å². The average Bonchev–Trinajstić information content (AvgIpc) is 2.15. The molecule has 0 saturated heterocycles. The number of hydrogen-bond acceptors (Lipinski definition) is 2. The van der Waals surface area contributed by atoms with E-state index in [-0.39, 0.29) is 11.9 Å². The van der Waals surface area contributed by atoms with Gasteiger partial charge in [-0.05, 0) is 24.6 Å². The first-order valence-corrected chi connectivity index (χ1v) is 4.91. The Morgan fingerprint density at radius 1 is 1.40 bits per heavy atom. The molecule has 1 aromatic rings. The highest BCUT2D eigenvalue weighted by Crippen LogP contribution is 2.21. The molecule has 0 amide bonds. The molecule has 0 spiro atoms. The monoisotopic (exact) mass is 208 g/mol. The second-order valence-electron chi connectivity index (χ2n) is 3.82. The standard InChI is InChI=1S/C12H17FN2/c1-9(14)4-5-10-6-7-11(13)8-12(10)15(2)3/h4-9H,14H2,1-3H3/b5-4+. The maximum Gasteiger partial charge on any atom is 0.125 e. The highest BCUT2D eigenvalue weighted by molar-refractivity contribution is 5.67. The van der Waals surface area contributed by atoms with Gasteiger partial charge in [0, 0.05) is 25.8 Å². The molecule has 0 saturated carbocycles. The zero-order valence-corrected chi connectivity index (χ0v) is 9.37. The lowest BCUT2D eigenvalue weighted by Gasteiger charge is -2.15. The van der Waals surface area contributed by atoms with Crippen LogP contribution >= 0.6 is 0 Å². The van der Waals surface area contributed by atoms with Gasteiger partial charge in [-0.1, -0.05) is 18.2 Å². The number of nitrogens with two attached hydrogens (primary N) is 1. The van der Waals surface area contributed by atoms with Crippen LogP contribution in [0.3, 0.4) is 0 Å². The second kappa shape index (κ2) is 4.94. The largest absolute Gasteiger partial charge is 0.377 e. The summed E-state index contributed by atoms with van der Waals surface area (Å²) >= 11 is 0. The average molecular weight is 208 g/mol. The van der Waals surface area contributed by atoms with Crippen molar-refractivity contribution >= 4 is 11.8 Å². The molecule has 2 nitrogen and oxygen atoms in total. The molecular formula is C12H17FN2. The summed E-state index contributed by atoms with van der Waals surface area (Å²) in [5, 5.41) is 0. The minimum Gasteiger partial charge on any atom is -0.377 e. The van der Waals surface area contributed by atoms with Crippen LogP contribution in [-0.2, 0) is 0 Å². The fourth-order valence-electron chi connectivity index (χ4n) is 1.30. The molecule has 0 bridgehead atoms. The number of nitrogens with zero attached hydrogens (tertiary/aromatic N) is 1. The molecule has 15 heavy (non-hydrogen) atoms. The molecule has 2 N–H and O–H groups in total. The summed E-state index contributed by atoms with van der Waals surface area (Å²) < 4.78 is 13.0. The topological polar surface area (TPSA) is 29.3 Å². The molecule has 1 aromatic carbocycles. The van der Waals surface area contributed by atoms with E-state index in [1.807, 2.05) is 38.1 Å². The number of hydrogen-bond donors (Lipinski definition) is 1. The van der Waals surface area contributed by atoms with Gasteiger partial charge in [-0.3, -0.25) is 0 Å². The van der Waals surface area contributed by atoms with Crippen LogP contribution in [-0.4, -0.2) is 20.1 Å². The van der Waals surface area contributed by atoms with E-state index in [9.17, 15) is 4.39 Å². The van der Waals surface area contributed by atoms with Crippen LogP contribution in [0.1, 0.15) is 12.5 Å². The van der Waals surface area contributed by atoms with Gasteiger partial charge in [0.25, 0.3) is 0 Å². The smallest absolute Gasteiger partial charge is 0.125 e. The van der Waals surface area contributed by atoms with Gasteiger partial charge >= 0.3 is 0 Å². The van der Waals surface area contributed by atoms with Gasteiger partial charge in [-0.25, -0.2) is 4.39 Å². The van der Waals surface area contributed by atoms with Crippen LogP contribution in [0.4, 0.5) is 10.1 Å². The van der Waals surface area contributed by atoms with E-state index in [0.717, 1.165) is 11.3 Å². The van der Waals surface area contributed by atoms with Crippen LogP contribution < -0.4 is 10.6 Å². The first-order chi connectivity index (χ1) is 7.00. The third-order valence-corrected chi connectivity index (χ3v) is 2.05. The molecule has 3 heteroatoms. The maximum absolute atomic E-state index is 13.0. The fraction of sp³-hybridized carbons (Fsp3) is 0.333. The van der Waals surface area contributed by atoms with E-state index in [2.05, 4.69) is 0 Å². The predicted molar refractivity (Wildman–Crippen MR) is 63.4 cm³/mol. The van der Waals surface area contributed by atoms with Crippen molar-refractivity contribution in [1.82, 2.24) is 0 Å². The van der Waals surface area contributed by atoms with Gasteiger partial charge in [0.15, 0.2) is 0 Å². The summed E-state index contributed by atoms with van der Waals surface area (Å²) in [6.45, 7) is 1.90. The van der Waals surface area contributed by atoms with Gasteiger partial charge in [-0.2, -0.15) is 0 Å². The Labute approximate surface area is 90.2 Å². The summed E-state index contributed by atoms with van der Waals surface area (Å²) in [6, 6.07) is 4.73. The van der Waals surface area contributed by atoms with Crippen molar-refractivity contribution in [3.05, 3.63) is 35.7 Å². The van der Waals surface area contributed by atoms with E-state index >= 15 is 0 Å². The predicted octanol–water partition coefficient (Wildman–Crippen LogP) is 2.25. The molecule has 0 radical (unpaired) electrons. The van der Waals surface area contributed by atoms with Gasteiger partial charge in [0.2, 0.25) is 0 Å². The Morgan fingerprint density at radius 2 is 2.07 bits per heavy atom. The van der Waals surface area contributed by atoms with Crippen molar-refractivity contribution in [2.45, 2.75) is 13.0 Å².